The Morgan fingerprint density at radius 1 is 1.16 bits per heavy atom. The second-order valence-electron chi connectivity index (χ2n) is 10.2. The van der Waals surface area contributed by atoms with Crippen molar-refractivity contribution in [2.75, 3.05) is 32.5 Å². The van der Waals surface area contributed by atoms with Crippen molar-refractivity contribution in [1.29, 1.82) is 0 Å². The van der Waals surface area contributed by atoms with Gasteiger partial charge in [0, 0.05) is 35.7 Å². The number of benzene rings is 1. The summed E-state index contributed by atoms with van der Waals surface area (Å²) >= 11 is 2.09. The lowest BCUT2D eigenvalue weighted by molar-refractivity contribution is -0.146. The molecule has 0 bridgehead atoms. The van der Waals surface area contributed by atoms with Crippen LogP contribution in [0.2, 0.25) is 0 Å². The maximum atomic E-state index is 12.1. The first-order valence-corrected chi connectivity index (χ1v) is 14.3. The summed E-state index contributed by atoms with van der Waals surface area (Å²) in [5, 5.41) is 22.6. The maximum Gasteiger partial charge on any atom is 0.308 e. The van der Waals surface area contributed by atoms with Crippen molar-refractivity contribution in [3.8, 4) is 5.75 Å². The standard InChI is InChI=1S/C28H40N2O4S.2ClH/c1-34-21-9-10-26-24(18-21)23(12-14-29-26)27(31)11-8-20-13-15-30(19-25(20)28(32)33)16-17-35-22-6-4-2-3-5-7-22;;/h9-10,12,14,18,20,22,25,27,31H,2-8,11,13,15-17,19H2,1H3,(H,32,33);2*1H/t20-,25+,27?;;/m1../s1. The maximum absolute atomic E-state index is 12.1. The summed E-state index contributed by atoms with van der Waals surface area (Å²) in [6.07, 6.45) is 11.4. The second-order valence-corrected chi connectivity index (χ2v) is 11.6. The first-order valence-electron chi connectivity index (χ1n) is 13.2. The molecule has 1 aliphatic carbocycles. The predicted molar refractivity (Wildman–Crippen MR) is 157 cm³/mol. The summed E-state index contributed by atoms with van der Waals surface area (Å²) in [6.45, 7) is 2.55. The van der Waals surface area contributed by atoms with Gasteiger partial charge in [-0.05, 0) is 74.4 Å². The van der Waals surface area contributed by atoms with Gasteiger partial charge in [0.2, 0.25) is 0 Å². The normalized spacial score (nSPS) is 21.9. The van der Waals surface area contributed by atoms with Crippen molar-refractivity contribution in [3.63, 3.8) is 0 Å². The number of aliphatic hydroxyl groups excluding tert-OH is 1. The van der Waals surface area contributed by atoms with E-state index in [-0.39, 0.29) is 36.6 Å². The van der Waals surface area contributed by atoms with Gasteiger partial charge in [-0.2, -0.15) is 11.8 Å². The van der Waals surface area contributed by atoms with Gasteiger partial charge in [-0.3, -0.25) is 9.78 Å². The number of thioether (sulfide) groups is 1. The third-order valence-corrected chi connectivity index (χ3v) is 9.23. The van der Waals surface area contributed by atoms with Crippen molar-refractivity contribution in [2.24, 2.45) is 11.8 Å². The SMILES string of the molecule is COc1ccc2nccc(C(O)CC[C@@H]3CCN(CCSC4CCCCCC4)C[C@@H]3C(=O)O)c2c1.Cl.Cl. The van der Waals surface area contributed by atoms with Crippen LogP contribution in [0.3, 0.4) is 0 Å². The molecule has 1 aromatic heterocycles. The number of hydrogen-bond donors (Lipinski definition) is 2. The minimum Gasteiger partial charge on any atom is -0.497 e. The van der Waals surface area contributed by atoms with Crippen molar-refractivity contribution in [2.45, 2.75) is 69.1 Å². The molecule has 0 spiro atoms. The third-order valence-electron chi connectivity index (χ3n) is 7.87. The van der Waals surface area contributed by atoms with E-state index >= 15 is 0 Å². The number of carboxylic acids is 1. The number of methoxy groups -OCH3 is 1. The monoisotopic (exact) mass is 572 g/mol. The Balaban J connectivity index is 0.00000241. The van der Waals surface area contributed by atoms with E-state index in [0.29, 0.717) is 19.4 Å². The van der Waals surface area contributed by atoms with Gasteiger partial charge < -0.3 is 19.8 Å². The zero-order valence-electron chi connectivity index (χ0n) is 21.7. The minimum absolute atomic E-state index is 0. The van der Waals surface area contributed by atoms with Gasteiger partial charge in [0.25, 0.3) is 0 Å². The number of rotatable bonds is 10. The molecule has 9 heteroatoms. The number of aliphatic hydroxyl groups is 1. The molecule has 37 heavy (non-hydrogen) atoms. The smallest absolute Gasteiger partial charge is 0.308 e. The Morgan fingerprint density at radius 2 is 1.92 bits per heavy atom. The van der Waals surface area contributed by atoms with E-state index in [2.05, 4.69) is 21.6 Å². The topological polar surface area (TPSA) is 82.9 Å². The van der Waals surface area contributed by atoms with Gasteiger partial charge in [0.05, 0.1) is 24.6 Å². The summed E-state index contributed by atoms with van der Waals surface area (Å²) in [6, 6.07) is 7.53. The van der Waals surface area contributed by atoms with E-state index in [1.807, 2.05) is 24.3 Å². The van der Waals surface area contributed by atoms with E-state index in [1.54, 1.807) is 13.3 Å². The van der Waals surface area contributed by atoms with Crippen LogP contribution >= 0.6 is 36.6 Å². The number of aliphatic carboxylic acids is 1. The van der Waals surface area contributed by atoms with E-state index in [9.17, 15) is 15.0 Å². The molecule has 1 aliphatic heterocycles. The largest absolute Gasteiger partial charge is 0.497 e. The first kappa shape index (κ1) is 32.0. The number of pyridine rings is 1. The van der Waals surface area contributed by atoms with Crippen molar-refractivity contribution in [3.05, 3.63) is 36.0 Å². The number of hydrogen-bond acceptors (Lipinski definition) is 6. The lowest BCUT2D eigenvalue weighted by Crippen LogP contribution is -2.44. The molecule has 1 unspecified atom stereocenters. The van der Waals surface area contributed by atoms with Crippen molar-refractivity contribution in [1.82, 2.24) is 9.88 Å². The fraction of sp³-hybridized carbons (Fsp3) is 0.643. The molecular weight excluding hydrogens is 531 g/mol. The number of likely N-dealkylation sites (tertiary alicyclic amines) is 1. The molecule has 1 aromatic carbocycles. The van der Waals surface area contributed by atoms with Crippen molar-refractivity contribution >= 4 is 53.4 Å². The van der Waals surface area contributed by atoms with Crippen LogP contribution < -0.4 is 4.74 Å². The molecule has 2 heterocycles. The van der Waals surface area contributed by atoms with Crippen molar-refractivity contribution < 1.29 is 19.7 Å². The summed E-state index contributed by atoms with van der Waals surface area (Å²) in [7, 11) is 1.63. The molecule has 0 amide bonds. The second kappa shape index (κ2) is 16.0. The molecule has 208 valence electrons. The van der Waals surface area contributed by atoms with E-state index in [0.717, 1.165) is 52.7 Å². The summed E-state index contributed by atoms with van der Waals surface area (Å²) in [4.78, 5) is 18.9. The highest BCUT2D eigenvalue weighted by Crippen LogP contribution is 2.34. The molecule has 2 aromatic rings. The zero-order valence-corrected chi connectivity index (χ0v) is 24.2. The molecule has 0 radical (unpaired) electrons. The highest BCUT2D eigenvalue weighted by atomic mass is 35.5. The lowest BCUT2D eigenvalue weighted by Gasteiger charge is -2.37. The fourth-order valence-corrected chi connectivity index (χ4v) is 7.11. The van der Waals surface area contributed by atoms with Crippen LogP contribution in [-0.2, 0) is 4.79 Å². The number of carbonyl (C=O) groups is 1. The van der Waals surface area contributed by atoms with Gasteiger partial charge >= 0.3 is 5.97 Å². The molecule has 1 saturated carbocycles. The Morgan fingerprint density at radius 3 is 2.62 bits per heavy atom. The van der Waals surface area contributed by atoms with Crippen LogP contribution in [0.1, 0.15) is 69.5 Å². The van der Waals surface area contributed by atoms with Crippen LogP contribution in [0.5, 0.6) is 5.75 Å². The average Bonchev–Trinajstić information content (AvgIpc) is 3.15. The fourth-order valence-electron chi connectivity index (χ4n) is 5.75. The zero-order chi connectivity index (χ0) is 24.6. The molecule has 2 fully saturated rings. The van der Waals surface area contributed by atoms with E-state index in [4.69, 9.17) is 4.74 Å². The number of ether oxygens (including phenoxy) is 1. The molecule has 2 N–H and O–H groups in total. The average molecular weight is 574 g/mol. The summed E-state index contributed by atoms with van der Waals surface area (Å²) < 4.78 is 5.35. The van der Waals surface area contributed by atoms with Crippen LogP contribution in [0, 0.1) is 11.8 Å². The van der Waals surface area contributed by atoms with Crippen LogP contribution in [0.4, 0.5) is 0 Å². The quantitative estimate of drug-likeness (QED) is 0.319. The Kier molecular flexibility index (Phi) is 13.8. The molecule has 6 nitrogen and oxygen atoms in total. The molecular formula is C28H42Cl2N2O4S. The summed E-state index contributed by atoms with van der Waals surface area (Å²) in [5.41, 5.74) is 1.65. The van der Waals surface area contributed by atoms with Gasteiger partial charge in [-0.1, -0.05) is 25.7 Å². The molecule has 3 atom stereocenters. The summed E-state index contributed by atoms with van der Waals surface area (Å²) in [5.74, 6) is 0.849. The highest BCUT2D eigenvalue weighted by Gasteiger charge is 2.34. The Labute approximate surface area is 237 Å². The Hall–Kier alpha value is -1.25. The number of carboxylic acid groups (broad SMARTS) is 1. The van der Waals surface area contributed by atoms with Crippen LogP contribution in [0.15, 0.2) is 30.5 Å². The Bertz CT molecular complexity index is 974. The minimum atomic E-state index is -0.704. The molecule has 4 rings (SSSR count). The number of piperidine rings is 1. The molecule has 2 aliphatic rings. The predicted octanol–water partition coefficient (Wildman–Crippen LogP) is 6.38. The van der Waals surface area contributed by atoms with Gasteiger partial charge in [0.15, 0.2) is 0 Å². The van der Waals surface area contributed by atoms with E-state index < -0.39 is 12.1 Å². The number of nitrogens with zero attached hydrogens (tertiary/aromatic N) is 2. The highest BCUT2D eigenvalue weighted by molar-refractivity contribution is 7.99. The molecule has 1 saturated heterocycles. The number of halogens is 2. The van der Waals surface area contributed by atoms with Gasteiger partial charge in [0.1, 0.15) is 5.75 Å². The van der Waals surface area contributed by atoms with E-state index in [1.165, 1.54) is 38.5 Å². The lowest BCUT2D eigenvalue weighted by atomic mass is 9.81. The van der Waals surface area contributed by atoms with Crippen LogP contribution in [-0.4, -0.2) is 63.8 Å². The number of fused-ring (bicyclic) bond motifs is 1. The third kappa shape index (κ3) is 8.89. The first-order chi connectivity index (χ1) is 17.0. The number of aromatic nitrogens is 1. The van der Waals surface area contributed by atoms with Gasteiger partial charge in [-0.15, -0.1) is 24.8 Å². The van der Waals surface area contributed by atoms with Gasteiger partial charge in [-0.25, -0.2) is 0 Å². The van der Waals surface area contributed by atoms with Crippen LogP contribution in [0.25, 0.3) is 10.9 Å².